The number of halogens is 2. The average molecular weight is 250 g/mol. The normalized spacial score (nSPS) is 10.3. The first-order valence-corrected chi connectivity index (χ1v) is 4.99. The molecule has 5 heteroatoms. The van der Waals surface area contributed by atoms with E-state index in [1.807, 2.05) is 0 Å². The number of hydrogen-bond donors (Lipinski definition) is 2. The number of aromatic hydroxyl groups is 1. The Morgan fingerprint density at radius 3 is 2.00 bits per heavy atom. The van der Waals surface area contributed by atoms with Gasteiger partial charge in [0.25, 0.3) is 0 Å². The molecule has 0 fully saturated rings. The summed E-state index contributed by atoms with van der Waals surface area (Å²) in [6, 6.07) is 6.36. The molecule has 0 amide bonds. The van der Waals surface area contributed by atoms with Gasteiger partial charge in [0.05, 0.1) is 5.56 Å². The molecule has 0 saturated heterocycles. The smallest absolute Gasteiger partial charge is 0.335 e. The van der Waals surface area contributed by atoms with E-state index in [0.717, 1.165) is 24.3 Å². The van der Waals surface area contributed by atoms with E-state index in [0.29, 0.717) is 0 Å². The maximum atomic E-state index is 13.3. The van der Waals surface area contributed by atoms with Gasteiger partial charge in [0.1, 0.15) is 17.4 Å². The van der Waals surface area contributed by atoms with Crippen molar-refractivity contribution in [3.05, 3.63) is 53.6 Å². The van der Waals surface area contributed by atoms with Gasteiger partial charge in [-0.05, 0) is 41.5 Å². The summed E-state index contributed by atoms with van der Waals surface area (Å²) in [5, 5.41) is 18.1. The molecule has 2 aromatic carbocycles. The van der Waals surface area contributed by atoms with Crippen molar-refractivity contribution in [2.45, 2.75) is 0 Å². The molecule has 0 aliphatic heterocycles. The minimum absolute atomic E-state index is 0.183. The van der Waals surface area contributed by atoms with Crippen LogP contribution in [0.3, 0.4) is 0 Å². The number of benzene rings is 2. The second kappa shape index (κ2) is 4.44. The van der Waals surface area contributed by atoms with Crippen LogP contribution in [0.4, 0.5) is 8.78 Å². The van der Waals surface area contributed by atoms with Crippen LogP contribution < -0.4 is 0 Å². The first-order chi connectivity index (χ1) is 8.45. The Balaban J connectivity index is 2.59. The zero-order valence-electron chi connectivity index (χ0n) is 9.02. The van der Waals surface area contributed by atoms with Crippen LogP contribution >= 0.6 is 0 Å². The van der Waals surface area contributed by atoms with Crippen LogP contribution in [0.15, 0.2) is 36.4 Å². The number of aromatic carboxylic acids is 1. The van der Waals surface area contributed by atoms with Crippen molar-refractivity contribution in [3.8, 4) is 16.9 Å². The molecule has 0 unspecified atom stereocenters. The summed E-state index contributed by atoms with van der Waals surface area (Å²) >= 11 is 0. The fourth-order valence-corrected chi connectivity index (χ4v) is 1.62. The van der Waals surface area contributed by atoms with Crippen LogP contribution in [0.1, 0.15) is 10.4 Å². The number of carboxylic acid groups (broad SMARTS) is 1. The third kappa shape index (κ3) is 2.45. The minimum Gasteiger partial charge on any atom is -0.508 e. The zero-order valence-corrected chi connectivity index (χ0v) is 9.02. The van der Waals surface area contributed by atoms with Gasteiger partial charge in [-0.3, -0.25) is 0 Å². The van der Waals surface area contributed by atoms with Gasteiger partial charge < -0.3 is 10.2 Å². The third-order valence-corrected chi connectivity index (χ3v) is 2.36. The Hall–Kier alpha value is -2.43. The molecule has 18 heavy (non-hydrogen) atoms. The number of carbonyl (C=O) groups is 1. The first kappa shape index (κ1) is 12.0. The van der Waals surface area contributed by atoms with Crippen LogP contribution in [0, 0.1) is 11.6 Å². The van der Waals surface area contributed by atoms with Crippen LogP contribution in [0.25, 0.3) is 11.1 Å². The van der Waals surface area contributed by atoms with Gasteiger partial charge in [-0.15, -0.1) is 0 Å². The lowest BCUT2D eigenvalue weighted by molar-refractivity contribution is 0.0696. The quantitative estimate of drug-likeness (QED) is 0.861. The summed E-state index contributed by atoms with van der Waals surface area (Å²) in [6.07, 6.45) is 0. The second-order valence-electron chi connectivity index (χ2n) is 3.73. The van der Waals surface area contributed by atoms with Gasteiger partial charge in [0, 0.05) is 6.07 Å². The molecular formula is C13H8F2O3. The SMILES string of the molecule is O=C(O)c1cc(F)cc(-c2cc(O)cc(F)c2)c1. The van der Waals surface area contributed by atoms with E-state index in [2.05, 4.69) is 0 Å². The highest BCUT2D eigenvalue weighted by molar-refractivity contribution is 5.89. The van der Waals surface area contributed by atoms with Crippen molar-refractivity contribution in [1.29, 1.82) is 0 Å². The summed E-state index contributed by atoms with van der Waals surface area (Å²) < 4.78 is 26.4. The van der Waals surface area contributed by atoms with E-state index in [9.17, 15) is 18.7 Å². The number of hydrogen-bond acceptors (Lipinski definition) is 2. The monoisotopic (exact) mass is 250 g/mol. The van der Waals surface area contributed by atoms with Gasteiger partial charge in [0.15, 0.2) is 0 Å². The van der Waals surface area contributed by atoms with Crippen LogP contribution in [-0.4, -0.2) is 16.2 Å². The molecule has 0 atom stereocenters. The fraction of sp³-hybridized carbons (Fsp3) is 0. The van der Waals surface area contributed by atoms with Crippen molar-refractivity contribution in [2.75, 3.05) is 0 Å². The van der Waals surface area contributed by atoms with Crippen molar-refractivity contribution in [2.24, 2.45) is 0 Å². The van der Waals surface area contributed by atoms with Crippen LogP contribution in [0.2, 0.25) is 0 Å². The Morgan fingerprint density at radius 1 is 0.889 bits per heavy atom. The largest absolute Gasteiger partial charge is 0.508 e. The lowest BCUT2D eigenvalue weighted by atomic mass is 10.0. The molecule has 2 N–H and O–H groups in total. The Kier molecular flexibility index (Phi) is 2.97. The summed E-state index contributed by atoms with van der Waals surface area (Å²) in [6.45, 7) is 0. The Morgan fingerprint density at radius 2 is 1.44 bits per heavy atom. The average Bonchev–Trinajstić information content (AvgIpc) is 2.26. The highest BCUT2D eigenvalue weighted by atomic mass is 19.1. The molecule has 3 nitrogen and oxygen atoms in total. The third-order valence-electron chi connectivity index (χ3n) is 2.36. The lowest BCUT2D eigenvalue weighted by Crippen LogP contribution is -1.97. The van der Waals surface area contributed by atoms with Crippen molar-refractivity contribution < 1.29 is 23.8 Å². The number of rotatable bonds is 2. The van der Waals surface area contributed by atoms with Crippen molar-refractivity contribution in [1.82, 2.24) is 0 Å². The first-order valence-electron chi connectivity index (χ1n) is 4.99. The summed E-state index contributed by atoms with van der Waals surface area (Å²) in [7, 11) is 0. The lowest BCUT2D eigenvalue weighted by Gasteiger charge is -2.05. The van der Waals surface area contributed by atoms with Gasteiger partial charge in [-0.1, -0.05) is 0 Å². The van der Waals surface area contributed by atoms with Crippen molar-refractivity contribution in [3.63, 3.8) is 0 Å². The summed E-state index contributed by atoms with van der Waals surface area (Å²) in [4.78, 5) is 10.8. The summed E-state index contributed by atoms with van der Waals surface area (Å²) in [5.41, 5.74) is 0.144. The highest BCUT2D eigenvalue weighted by Gasteiger charge is 2.10. The van der Waals surface area contributed by atoms with E-state index < -0.39 is 17.6 Å². The summed E-state index contributed by atoms with van der Waals surface area (Å²) in [5.74, 6) is -3.03. The number of phenols is 1. The maximum absolute atomic E-state index is 13.3. The predicted octanol–water partition coefficient (Wildman–Crippen LogP) is 3.04. The van der Waals surface area contributed by atoms with E-state index in [-0.39, 0.29) is 22.4 Å². The Labute approximate surface area is 101 Å². The molecule has 0 radical (unpaired) electrons. The number of phenolic OH excluding ortho intramolecular Hbond substituents is 1. The molecule has 0 aliphatic carbocycles. The zero-order chi connectivity index (χ0) is 13.3. The predicted molar refractivity (Wildman–Crippen MR) is 60.4 cm³/mol. The standard InChI is InChI=1S/C13H8F2O3/c14-10-2-7(1-9(4-10)13(17)18)8-3-11(15)6-12(16)5-8/h1-6,16H,(H,17,18). The maximum Gasteiger partial charge on any atom is 0.335 e. The second-order valence-corrected chi connectivity index (χ2v) is 3.73. The van der Waals surface area contributed by atoms with Gasteiger partial charge in [-0.25, -0.2) is 13.6 Å². The van der Waals surface area contributed by atoms with Crippen molar-refractivity contribution >= 4 is 5.97 Å². The van der Waals surface area contributed by atoms with Crippen LogP contribution in [0.5, 0.6) is 5.75 Å². The molecule has 0 saturated carbocycles. The van der Waals surface area contributed by atoms with Gasteiger partial charge in [-0.2, -0.15) is 0 Å². The van der Waals surface area contributed by atoms with E-state index >= 15 is 0 Å². The van der Waals surface area contributed by atoms with Gasteiger partial charge >= 0.3 is 5.97 Å². The molecule has 0 heterocycles. The molecule has 2 rings (SSSR count). The Bertz CT molecular complexity index is 603. The number of carboxylic acids is 1. The molecule has 0 aliphatic rings. The fourth-order valence-electron chi connectivity index (χ4n) is 1.62. The molecule has 0 bridgehead atoms. The van der Waals surface area contributed by atoms with E-state index in [1.165, 1.54) is 12.1 Å². The minimum atomic E-state index is -1.28. The van der Waals surface area contributed by atoms with E-state index in [4.69, 9.17) is 5.11 Å². The molecular weight excluding hydrogens is 242 g/mol. The van der Waals surface area contributed by atoms with Gasteiger partial charge in [0.2, 0.25) is 0 Å². The molecule has 0 aromatic heterocycles. The topological polar surface area (TPSA) is 57.5 Å². The molecule has 0 spiro atoms. The van der Waals surface area contributed by atoms with Crippen LogP contribution in [-0.2, 0) is 0 Å². The van der Waals surface area contributed by atoms with E-state index in [1.54, 1.807) is 0 Å². The highest BCUT2D eigenvalue weighted by Crippen LogP contribution is 2.26. The molecule has 2 aromatic rings. The molecule has 92 valence electrons.